The van der Waals surface area contributed by atoms with E-state index in [2.05, 4.69) is 4.98 Å². The van der Waals surface area contributed by atoms with Crippen LogP contribution in [-0.4, -0.2) is 37.3 Å². The third-order valence-electron chi connectivity index (χ3n) is 6.28. The van der Waals surface area contributed by atoms with E-state index >= 15 is 0 Å². The predicted molar refractivity (Wildman–Crippen MR) is 150 cm³/mol. The van der Waals surface area contributed by atoms with Gasteiger partial charge in [-0.15, -0.1) is 0 Å². The Kier molecular flexibility index (Phi) is 8.32. The number of nitrogens with zero attached hydrogens (tertiary/aromatic N) is 2. The Morgan fingerprint density at radius 2 is 1.46 bits per heavy atom. The van der Waals surface area contributed by atoms with Crippen LogP contribution in [0.3, 0.4) is 0 Å². The van der Waals surface area contributed by atoms with Crippen LogP contribution in [0.4, 0.5) is 0 Å². The van der Waals surface area contributed by atoms with Crippen molar-refractivity contribution < 1.29 is 23.0 Å². The van der Waals surface area contributed by atoms with Gasteiger partial charge in [-0.1, -0.05) is 55.8 Å². The van der Waals surface area contributed by atoms with Gasteiger partial charge in [-0.25, -0.2) is 8.42 Å². The molecule has 1 aromatic heterocycles. The minimum absolute atomic E-state index is 0.164. The highest BCUT2D eigenvalue weighted by molar-refractivity contribution is 7.91. The van der Waals surface area contributed by atoms with Crippen LogP contribution in [-0.2, 0) is 16.3 Å². The fourth-order valence-corrected chi connectivity index (χ4v) is 5.69. The van der Waals surface area contributed by atoms with Crippen molar-refractivity contribution in [1.82, 2.24) is 9.55 Å². The van der Waals surface area contributed by atoms with Gasteiger partial charge in [0, 0.05) is 11.4 Å². The van der Waals surface area contributed by atoms with Gasteiger partial charge in [0.2, 0.25) is 15.7 Å². The smallest absolute Gasteiger partial charge is 0.296 e. The Balaban J connectivity index is 1.92. The van der Waals surface area contributed by atoms with Crippen molar-refractivity contribution in [3.8, 4) is 34.2 Å². The molecule has 0 radical (unpaired) electrons. The zero-order chi connectivity index (χ0) is 28.3. The summed E-state index contributed by atoms with van der Waals surface area (Å²) in [5.41, 5.74) is 0.792. The fourth-order valence-electron chi connectivity index (χ4n) is 4.23. The largest absolute Gasteiger partial charge is 0.494 e. The number of benzene rings is 3. The molecule has 0 atom stereocenters. The van der Waals surface area contributed by atoms with Crippen molar-refractivity contribution in [1.29, 1.82) is 0 Å². The Bertz CT molecular complexity index is 1630. The van der Waals surface area contributed by atoms with Crippen molar-refractivity contribution in [2.45, 2.75) is 36.5 Å². The maximum Gasteiger partial charge on any atom is 0.296 e. The second kappa shape index (κ2) is 11.5. The van der Waals surface area contributed by atoms with Crippen molar-refractivity contribution in [3.63, 3.8) is 0 Å². The summed E-state index contributed by atoms with van der Waals surface area (Å²) < 4.78 is 39.7. The van der Waals surface area contributed by atoms with Crippen LogP contribution in [0.15, 0.2) is 81.3 Å². The standard InChI is InChI=1S/C29H29ClN2O6S/c1-18(2)8-17-25-31-28(33)27(29(34)32(25)26-23(37-3)6-5-7-24(26)38-4)39(35,36)22-15-11-20(12-16-22)19-9-13-21(30)14-10-19/h5-7,9-16,18,34H,8,17H2,1-4H3. The molecule has 0 aliphatic carbocycles. The van der Waals surface area contributed by atoms with Crippen LogP contribution < -0.4 is 15.0 Å². The van der Waals surface area contributed by atoms with E-state index in [1.165, 1.54) is 30.9 Å². The summed E-state index contributed by atoms with van der Waals surface area (Å²) in [5.74, 6) is 0.289. The monoisotopic (exact) mass is 568 g/mol. The zero-order valence-corrected chi connectivity index (χ0v) is 23.6. The Morgan fingerprint density at radius 3 is 1.97 bits per heavy atom. The fraction of sp³-hybridized carbons (Fsp3) is 0.241. The molecular weight excluding hydrogens is 540 g/mol. The molecule has 10 heteroatoms. The first-order chi connectivity index (χ1) is 18.6. The third-order valence-corrected chi connectivity index (χ3v) is 8.32. The van der Waals surface area contributed by atoms with Crippen LogP contribution >= 0.6 is 11.6 Å². The van der Waals surface area contributed by atoms with Crippen molar-refractivity contribution >= 4 is 21.4 Å². The van der Waals surface area contributed by atoms with E-state index < -0.39 is 26.2 Å². The first-order valence-electron chi connectivity index (χ1n) is 12.3. The molecule has 0 unspecified atom stereocenters. The summed E-state index contributed by atoms with van der Waals surface area (Å²) in [6.45, 7) is 4.02. The van der Waals surface area contributed by atoms with E-state index in [0.717, 1.165) is 11.1 Å². The van der Waals surface area contributed by atoms with Crippen LogP contribution in [0, 0.1) is 5.92 Å². The summed E-state index contributed by atoms with van der Waals surface area (Å²) >= 11 is 5.97. The van der Waals surface area contributed by atoms with Gasteiger partial charge in [0.05, 0.1) is 19.1 Å². The lowest BCUT2D eigenvalue weighted by Crippen LogP contribution is -2.25. The SMILES string of the molecule is COc1cccc(OC)c1-n1c(CCC(C)C)nc(=O)c(S(=O)(=O)c2ccc(-c3ccc(Cl)cc3)cc2)c1O. The molecule has 0 aliphatic heterocycles. The van der Waals surface area contributed by atoms with Gasteiger partial charge < -0.3 is 14.6 Å². The lowest BCUT2D eigenvalue weighted by atomic mass is 10.1. The van der Waals surface area contributed by atoms with E-state index in [0.29, 0.717) is 29.4 Å². The minimum Gasteiger partial charge on any atom is -0.494 e. The molecule has 8 nitrogen and oxygen atoms in total. The molecule has 3 aromatic carbocycles. The number of sulfone groups is 1. The molecule has 0 bridgehead atoms. The summed E-state index contributed by atoms with van der Waals surface area (Å²) in [6.07, 6.45) is 0.944. The molecule has 4 rings (SSSR count). The number of hydrogen-bond acceptors (Lipinski definition) is 7. The van der Waals surface area contributed by atoms with Gasteiger partial charge in [0.1, 0.15) is 23.0 Å². The van der Waals surface area contributed by atoms with Gasteiger partial charge >= 0.3 is 0 Å². The molecule has 0 amide bonds. The molecule has 1 heterocycles. The average Bonchev–Trinajstić information content (AvgIpc) is 2.91. The number of aromatic nitrogens is 2. The molecule has 0 saturated heterocycles. The Morgan fingerprint density at radius 1 is 0.923 bits per heavy atom. The summed E-state index contributed by atoms with van der Waals surface area (Å²) in [5, 5.41) is 12.1. The topological polar surface area (TPSA) is 108 Å². The summed E-state index contributed by atoms with van der Waals surface area (Å²) in [7, 11) is -1.59. The second-order valence-corrected chi connectivity index (χ2v) is 11.6. The minimum atomic E-state index is -4.47. The number of aromatic hydroxyl groups is 1. The molecule has 0 saturated carbocycles. The van der Waals surface area contributed by atoms with Gasteiger partial charge in [0.25, 0.3) is 5.56 Å². The molecule has 4 aromatic rings. The quantitative estimate of drug-likeness (QED) is 0.276. The highest BCUT2D eigenvalue weighted by Gasteiger charge is 2.31. The van der Waals surface area contributed by atoms with Crippen LogP contribution in [0.5, 0.6) is 17.4 Å². The van der Waals surface area contributed by atoms with E-state index in [1.54, 1.807) is 42.5 Å². The molecule has 0 aliphatic rings. The summed E-state index contributed by atoms with van der Waals surface area (Å²) in [4.78, 5) is 16.3. The van der Waals surface area contributed by atoms with Gasteiger partial charge in [-0.05, 0) is 59.9 Å². The average molecular weight is 569 g/mol. The third kappa shape index (κ3) is 5.65. The Hall–Kier alpha value is -3.82. The molecule has 0 spiro atoms. The number of halogens is 1. The van der Waals surface area contributed by atoms with Crippen molar-refractivity contribution in [3.05, 3.63) is 87.9 Å². The maximum absolute atomic E-state index is 13.7. The van der Waals surface area contributed by atoms with Crippen LogP contribution in [0.2, 0.25) is 5.02 Å². The number of hydrogen-bond donors (Lipinski definition) is 1. The van der Waals surface area contributed by atoms with Gasteiger partial charge in [-0.3, -0.25) is 9.36 Å². The molecule has 39 heavy (non-hydrogen) atoms. The van der Waals surface area contributed by atoms with E-state index in [9.17, 15) is 18.3 Å². The highest BCUT2D eigenvalue weighted by Crippen LogP contribution is 2.38. The lowest BCUT2D eigenvalue weighted by Gasteiger charge is -2.21. The number of rotatable bonds is 9. The van der Waals surface area contributed by atoms with Crippen molar-refractivity contribution in [2.24, 2.45) is 5.92 Å². The first kappa shape index (κ1) is 28.2. The van der Waals surface area contributed by atoms with Crippen LogP contribution in [0.25, 0.3) is 16.8 Å². The first-order valence-corrected chi connectivity index (χ1v) is 14.1. The predicted octanol–water partition coefficient (Wildman–Crippen LogP) is 5.70. The summed E-state index contributed by atoms with van der Waals surface area (Å²) in [6, 6.07) is 18.1. The number of para-hydroxylation sites is 1. The van der Waals surface area contributed by atoms with Gasteiger partial charge in [-0.2, -0.15) is 4.98 Å². The zero-order valence-electron chi connectivity index (χ0n) is 22.0. The number of ether oxygens (including phenoxy) is 2. The second-order valence-electron chi connectivity index (χ2n) is 9.30. The molecule has 204 valence electrons. The van der Waals surface area contributed by atoms with Gasteiger partial charge in [0.15, 0.2) is 4.90 Å². The van der Waals surface area contributed by atoms with Crippen LogP contribution in [0.1, 0.15) is 26.1 Å². The maximum atomic E-state index is 13.7. The molecule has 1 N–H and O–H groups in total. The molecule has 0 fully saturated rings. The normalized spacial score (nSPS) is 11.5. The van der Waals surface area contributed by atoms with E-state index in [1.807, 2.05) is 26.0 Å². The van der Waals surface area contributed by atoms with E-state index in [-0.39, 0.29) is 22.3 Å². The highest BCUT2D eigenvalue weighted by atomic mass is 35.5. The van der Waals surface area contributed by atoms with E-state index in [4.69, 9.17) is 21.1 Å². The number of aryl methyl sites for hydroxylation is 1. The molecular formula is C29H29ClN2O6S. The lowest BCUT2D eigenvalue weighted by molar-refractivity contribution is 0.373. The number of methoxy groups -OCH3 is 2. The van der Waals surface area contributed by atoms with Crippen molar-refractivity contribution in [2.75, 3.05) is 14.2 Å². The Labute approximate surface area is 232 Å².